The maximum atomic E-state index is 13.6. The van der Waals surface area contributed by atoms with Crippen molar-refractivity contribution in [3.05, 3.63) is 35.9 Å². The van der Waals surface area contributed by atoms with E-state index in [-0.39, 0.29) is 34.8 Å². The topological polar surface area (TPSA) is 71.1 Å². The Morgan fingerprint density at radius 1 is 0.932 bits per heavy atom. The first-order valence-corrected chi connectivity index (χ1v) is 17.8. The Labute approximate surface area is 265 Å². The number of rotatable bonds is 9. The molecule has 0 N–H and O–H groups in total. The Hall–Kier alpha value is -1.92. The van der Waals surface area contributed by atoms with E-state index in [1.165, 1.54) is 25.7 Å². The van der Waals surface area contributed by atoms with E-state index >= 15 is 0 Å². The predicted molar refractivity (Wildman–Crippen MR) is 170 cm³/mol. The molecule has 4 saturated carbocycles. The van der Waals surface area contributed by atoms with E-state index < -0.39 is 5.79 Å². The molecule has 44 heavy (non-hydrogen) atoms. The van der Waals surface area contributed by atoms with Crippen LogP contribution in [0.1, 0.15) is 116 Å². The molecule has 1 heterocycles. The second-order valence-electron chi connectivity index (χ2n) is 15.6. The molecular weight excluding hydrogens is 552 g/mol. The summed E-state index contributed by atoms with van der Waals surface area (Å²) in [6, 6.07) is 9.55. The van der Waals surface area contributed by atoms with Crippen LogP contribution in [-0.4, -0.2) is 43.7 Å². The summed E-state index contributed by atoms with van der Waals surface area (Å²) >= 11 is 0. The van der Waals surface area contributed by atoms with Crippen molar-refractivity contribution in [2.24, 2.45) is 52.3 Å². The highest BCUT2D eigenvalue weighted by Gasteiger charge is 2.65. The van der Waals surface area contributed by atoms with Gasteiger partial charge in [-0.25, -0.2) is 4.79 Å². The first-order valence-electron chi connectivity index (χ1n) is 17.8. The minimum absolute atomic E-state index is 0.0323. The number of hydrogen-bond donors (Lipinski definition) is 0. The highest BCUT2D eigenvalue weighted by atomic mass is 16.7. The predicted octanol–water partition coefficient (Wildman–Crippen LogP) is 8.23. The highest BCUT2D eigenvalue weighted by Crippen LogP contribution is 2.69. The average molecular weight is 609 g/mol. The molecule has 1 aromatic carbocycles. The molecule has 1 aliphatic heterocycles. The molecule has 0 radical (unpaired) electrons. The minimum Gasteiger partial charge on any atom is -0.466 e. The second kappa shape index (κ2) is 12.7. The molecule has 5 aliphatic rings. The third-order valence-electron chi connectivity index (χ3n) is 13.5. The maximum absolute atomic E-state index is 13.6. The SMILES string of the molecule is CCOC(=O)C(C)CCC[C@@H](C)C1CCC2C3C(CCC21C)C1(C)CCC2(C[C@@H]1C[C@H]3OC(=O)c1ccccc1)OCCO2. The van der Waals surface area contributed by atoms with Gasteiger partial charge in [-0.05, 0) is 104 Å². The average Bonchev–Trinajstić information content (AvgIpc) is 3.62. The fourth-order valence-corrected chi connectivity index (χ4v) is 11.1. The van der Waals surface area contributed by atoms with Crippen LogP contribution in [-0.2, 0) is 23.7 Å². The summed E-state index contributed by atoms with van der Waals surface area (Å²) in [5.74, 6) is 2.49. The van der Waals surface area contributed by atoms with Gasteiger partial charge in [0.05, 0.1) is 31.3 Å². The van der Waals surface area contributed by atoms with Gasteiger partial charge in [-0.3, -0.25) is 4.79 Å². The van der Waals surface area contributed by atoms with Crippen molar-refractivity contribution in [2.75, 3.05) is 19.8 Å². The summed E-state index contributed by atoms with van der Waals surface area (Å²) < 4.78 is 24.3. The standard InChI is InChI=1S/C38H56O6/c1-6-41-34(39)26(3)12-10-11-25(2)29-15-16-30-33-31(17-18-37(29,30)5)36(4)19-20-38(42-21-22-43-38)24-28(36)23-32(33)44-35(40)27-13-8-7-9-14-27/h7-9,13-14,25-26,28-33H,6,10-12,15-24H2,1-5H3/t25-,26?,28+,29?,30?,31?,32-,33?,36?,37?/m1/s1. The number of benzene rings is 1. The minimum atomic E-state index is -0.438. The van der Waals surface area contributed by atoms with Crippen molar-refractivity contribution in [3.63, 3.8) is 0 Å². The summed E-state index contributed by atoms with van der Waals surface area (Å²) in [5, 5.41) is 0. The van der Waals surface area contributed by atoms with E-state index in [2.05, 4.69) is 20.8 Å². The van der Waals surface area contributed by atoms with Crippen LogP contribution in [0.5, 0.6) is 0 Å². The molecule has 1 saturated heterocycles. The van der Waals surface area contributed by atoms with E-state index in [1.807, 2.05) is 44.2 Å². The van der Waals surface area contributed by atoms with Crippen molar-refractivity contribution >= 4 is 11.9 Å². The van der Waals surface area contributed by atoms with Gasteiger partial charge in [0, 0.05) is 18.8 Å². The Kier molecular flexibility index (Phi) is 9.25. The van der Waals surface area contributed by atoms with Gasteiger partial charge in [-0.2, -0.15) is 0 Å². The molecule has 0 bridgehead atoms. The van der Waals surface area contributed by atoms with Crippen LogP contribution in [0.3, 0.4) is 0 Å². The lowest BCUT2D eigenvalue weighted by Crippen LogP contribution is -2.60. The number of esters is 2. The second-order valence-corrected chi connectivity index (χ2v) is 15.6. The number of hydrogen-bond acceptors (Lipinski definition) is 6. The zero-order chi connectivity index (χ0) is 31.1. The maximum Gasteiger partial charge on any atom is 0.338 e. The molecule has 0 aromatic heterocycles. The number of fused-ring (bicyclic) bond motifs is 5. The molecule has 10 atom stereocenters. The smallest absolute Gasteiger partial charge is 0.338 e. The summed E-state index contributed by atoms with van der Waals surface area (Å²) in [4.78, 5) is 25.8. The molecule has 6 rings (SSSR count). The lowest BCUT2D eigenvalue weighted by atomic mass is 9.43. The molecule has 0 amide bonds. The van der Waals surface area contributed by atoms with Crippen LogP contribution >= 0.6 is 0 Å². The molecule has 244 valence electrons. The quantitative estimate of drug-likeness (QED) is 0.263. The van der Waals surface area contributed by atoms with Gasteiger partial charge in [-0.1, -0.05) is 58.7 Å². The van der Waals surface area contributed by atoms with Gasteiger partial charge < -0.3 is 18.9 Å². The lowest BCUT2D eigenvalue weighted by molar-refractivity contribution is -0.242. The highest BCUT2D eigenvalue weighted by molar-refractivity contribution is 5.89. The molecule has 6 heteroatoms. The largest absolute Gasteiger partial charge is 0.466 e. The Balaban J connectivity index is 1.21. The summed E-state index contributed by atoms with van der Waals surface area (Å²) in [5.41, 5.74) is 1.12. The van der Waals surface area contributed by atoms with Crippen molar-refractivity contribution in [3.8, 4) is 0 Å². The van der Waals surface area contributed by atoms with Crippen molar-refractivity contribution in [1.29, 1.82) is 0 Å². The molecular formula is C38H56O6. The third-order valence-corrected chi connectivity index (χ3v) is 13.5. The van der Waals surface area contributed by atoms with E-state index in [0.29, 0.717) is 60.9 Å². The first kappa shape index (κ1) is 32.0. The van der Waals surface area contributed by atoms with Crippen LogP contribution in [0.25, 0.3) is 0 Å². The van der Waals surface area contributed by atoms with Crippen LogP contribution in [0.4, 0.5) is 0 Å². The van der Waals surface area contributed by atoms with Crippen LogP contribution in [0.15, 0.2) is 30.3 Å². The van der Waals surface area contributed by atoms with E-state index in [9.17, 15) is 9.59 Å². The van der Waals surface area contributed by atoms with Crippen molar-refractivity contribution in [2.45, 2.75) is 117 Å². The molecule has 1 aromatic rings. The Morgan fingerprint density at radius 2 is 1.66 bits per heavy atom. The van der Waals surface area contributed by atoms with Crippen LogP contribution in [0, 0.1) is 52.3 Å². The summed E-state index contributed by atoms with van der Waals surface area (Å²) in [6.45, 7) is 13.3. The molecule has 1 spiro atoms. The van der Waals surface area contributed by atoms with E-state index in [4.69, 9.17) is 18.9 Å². The Bertz CT molecular complexity index is 1160. The molecule has 7 unspecified atom stereocenters. The molecule has 6 nitrogen and oxygen atoms in total. The number of carbonyl (C=O) groups excluding carboxylic acids is 2. The fraction of sp³-hybridized carbons (Fsp3) is 0.789. The monoisotopic (exact) mass is 608 g/mol. The van der Waals surface area contributed by atoms with Crippen molar-refractivity contribution < 1.29 is 28.5 Å². The van der Waals surface area contributed by atoms with Gasteiger partial charge >= 0.3 is 11.9 Å². The molecule has 4 aliphatic carbocycles. The van der Waals surface area contributed by atoms with Crippen LogP contribution < -0.4 is 0 Å². The lowest BCUT2D eigenvalue weighted by Gasteiger charge is -2.63. The number of ether oxygens (including phenoxy) is 4. The van der Waals surface area contributed by atoms with Gasteiger partial charge in [0.2, 0.25) is 0 Å². The van der Waals surface area contributed by atoms with Gasteiger partial charge in [0.25, 0.3) is 0 Å². The summed E-state index contributed by atoms with van der Waals surface area (Å²) in [6.07, 6.45) is 11.9. The van der Waals surface area contributed by atoms with Crippen LogP contribution in [0.2, 0.25) is 0 Å². The Morgan fingerprint density at radius 3 is 2.39 bits per heavy atom. The van der Waals surface area contributed by atoms with E-state index in [0.717, 1.165) is 44.9 Å². The first-order chi connectivity index (χ1) is 21.1. The van der Waals surface area contributed by atoms with Crippen molar-refractivity contribution in [1.82, 2.24) is 0 Å². The van der Waals surface area contributed by atoms with Gasteiger partial charge in [0.15, 0.2) is 5.79 Å². The zero-order valence-electron chi connectivity index (χ0n) is 27.9. The van der Waals surface area contributed by atoms with Gasteiger partial charge in [0.1, 0.15) is 6.10 Å². The summed E-state index contributed by atoms with van der Waals surface area (Å²) in [7, 11) is 0. The number of carbonyl (C=O) groups is 2. The molecule has 5 fully saturated rings. The third kappa shape index (κ3) is 5.76. The zero-order valence-corrected chi connectivity index (χ0v) is 27.9. The fourth-order valence-electron chi connectivity index (χ4n) is 11.1. The van der Waals surface area contributed by atoms with Gasteiger partial charge in [-0.15, -0.1) is 0 Å². The normalized spacial score (nSPS) is 38.7. The van der Waals surface area contributed by atoms with E-state index in [1.54, 1.807) is 0 Å².